The van der Waals surface area contributed by atoms with Gasteiger partial charge in [-0.3, -0.25) is 0 Å². The van der Waals surface area contributed by atoms with Crippen LogP contribution in [0.3, 0.4) is 0 Å². The van der Waals surface area contributed by atoms with Crippen LogP contribution in [0.2, 0.25) is 0 Å². The van der Waals surface area contributed by atoms with Crippen molar-refractivity contribution < 1.29 is 9.47 Å². The third kappa shape index (κ3) is 3.24. The predicted molar refractivity (Wildman–Crippen MR) is 84.1 cm³/mol. The lowest BCUT2D eigenvalue weighted by molar-refractivity contribution is 0.355. The van der Waals surface area contributed by atoms with E-state index in [0.717, 1.165) is 35.6 Å². The molecule has 0 bridgehead atoms. The molecule has 0 radical (unpaired) electrons. The summed E-state index contributed by atoms with van der Waals surface area (Å²) in [5.74, 6) is 2.27. The van der Waals surface area contributed by atoms with Crippen LogP contribution in [0, 0.1) is 6.92 Å². The van der Waals surface area contributed by atoms with E-state index < -0.39 is 0 Å². The monoisotopic (exact) mass is 287 g/mol. The highest BCUT2D eigenvalue weighted by Gasteiger charge is 2.12. The van der Waals surface area contributed by atoms with Crippen LogP contribution in [0.15, 0.2) is 24.5 Å². The number of aromatic nitrogens is 2. The first-order valence-electron chi connectivity index (χ1n) is 6.99. The Morgan fingerprint density at radius 1 is 1.10 bits per heavy atom. The number of anilines is 1. The summed E-state index contributed by atoms with van der Waals surface area (Å²) >= 11 is 0. The van der Waals surface area contributed by atoms with Gasteiger partial charge in [-0.2, -0.15) is 0 Å². The minimum Gasteiger partial charge on any atom is -0.493 e. The Morgan fingerprint density at radius 2 is 1.86 bits per heavy atom. The number of methoxy groups -OCH3 is 2. The van der Waals surface area contributed by atoms with Crippen LogP contribution in [0.1, 0.15) is 18.9 Å². The summed E-state index contributed by atoms with van der Waals surface area (Å²) in [5.41, 5.74) is 2.90. The highest BCUT2D eigenvalue weighted by atomic mass is 16.5. The molecule has 2 rings (SSSR count). The Hall–Kier alpha value is -2.30. The standard InChI is InChI=1S/C16H21N3O2/c1-5-8-17-16-11(2)15(18-10-19-16)12-6-7-13(20-3)14(9-12)21-4/h6-7,9-10H,5,8H2,1-4H3,(H,17,18,19). The third-order valence-electron chi connectivity index (χ3n) is 3.28. The molecule has 5 nitrogen and oxygen atoms in total. The first-order chi connectivity index (χ1) is 10.2. The highest BCUT2D eigenvalue weighted by Crippen LogP contribution is 2.33. The maximum Gasteiger partial charge on any atom is 0.161 e. The van der Waals surface area contributed by atoms with Crippen molar-refractivity contribution in [1.82, 2.24) is 9.97 Å². The number of nitrogens with one attached hydrogen (secondary N) is 1. The second kappa shape index (κ2) is 6.92. The van der Waals surface area contributed by atoms with E-state index in [9.17, 15) is 0 Å². The van der Waals surface area contributed by atoms with Crippen LogP contribution in [0.25, 0.3) is 11.3 Å². The van der Waals surface area contributed by atoms with E-state index in [-0.39, 0.29) is 0 Å². The zero-order valence-corrected chi connectivity index (χ0v) is 12.9. The van der Waals surface area contributed by atoms with Crippen molar-refractivity contribution in [3.8, 4) is 22.8 Å². The van der Waals surface area contributed by atoms with E-state index in [1.54, 1.807) is 20.5 Å². The van der Waals surface area contributed by atoms with E-state index in [2.05, 4.69) is 22.2 Å². The van der Waals surface area contributed by atoms with Gasteiger partial charge in [0.1, 0.15) is 12.1 Å². The fourth-order valence-electron chi connectivity index (χ4n) is 2.15. The number of nitrogens with zero attached hydrogens (tertiary/aromatic N) is 2. The third-order valence-corrected chi connectivity index (χ3v) is 3.28. The van der Waals surface area contributed by atoms with Crippen LogP contribution < -0.4 is 14.8 Å². The van der Waals surface area contributed by atoms with Gasteiger partial charge in [-0.1, -0.05) is 6.92 Å². The molecule has 0 fully saturated rings. The lowest BCUT2D eigenvalue weighted by atomic mass is 10.1. The van der Waals surface area contributed by atoms with Crippen molar-refractivity contribution in [1.29, 1.82) is 0 Å². The number of benzene rings is 1. The molecule has 0 aliphatic carbocycles. The summed E-state index contributed by atoms with van der Waals surface area (Å²) in [6.07, 6.45) is 2.63. The van der Waals surface area contributed by atoms with Crippen LogP contribution >= 0.6 is 0 Å². The first kappa shape index (κ1) is 15.1. The molecule has 21 heavy (non-hydrogen) atoms. The molecule has 1 heterocycles. The first-order valence-corrected chi connectivity index (χ1v) is 6.99. The van der Waals surface area contributed by atoms with Gasteiger partial charge in [0.25, 0.3) is 0 Å². The Bertz CT molecular complexity index is 614. The minimum atomic E-state index is 0.691. The average Bonchev–Trinajstić information content (AvgIpc) is 2.53. The van der Waals surface area contributed by atoms with Crippen molar-refractivity contribution in [2.45, 2.75) is 20.3 Å². The lowest BCUT2D eigenvalue weighted by Gasteiger charge is -2.13. The van der Waals surface area contributed by atoms with Gasteiger partial charge in [-0.05, 0) is 31.5 Å². The van der Waals surface area contributed by atoms with E-state index in [0.29, 0.717) is 11.5 Å². The van der Waals surface area contributed by atoms with Crippen molar-refractivity contribution in [2.24, 2.45) is 0 Å². The topological polar surface area (TPSA) is 56.3 Å². The zero-order valence-electron chi connectivity index (χ0n) is 12.9. The Balaban J connectivity index is 2.42. The van der Waals surface area contributed by atoms with Crippen molar-refractivity contribution in [3.63, 3.8) is 0 Å². The molecular formula is C16H21N3O2. The van der Waals surface area contributed by atoms with Gasteiger partial charge in [-0.25, -0.2) is 9.97 Å². The van der Waals surface area contributed by atoms with E-state index >= 15 is 0 Å². The highest BCUT2D eigenvalue weighted by molar-refractivity contribution is 5.70. The maximum absolute atomic E-state index is 5.35. The minimum absolute atomic E-state index is 0.691. The maximum atomic E-state index is 5.35. The SMILES string of the molecule is CCCNc1ncnc(-c2ccc(OC)c(OC)c2)c1C. The van der Waals surface area contributed by atoms with Crippen molar-refractivity contribution >= 4 is 5.82 Å². The molecule has 0 atom stereocenters. The molecule has 1 N–H and O–H groups in total. The normalized spacial score (nSPS) is 10.3. The predicted octanol–water partition coefficient (Wildman–Crippen LogP) is 3.29. The number of rotatable bonds is 6. The summed E-state index contributed by atoms with van der Waals surface area (Å²) < 4.78 is 10.6. The number of hydrogen-bond acceptors (Lipinski definition) is 5. The van der Waals surface area contributed by atoms with Crippen LogP contribution in [-0.4, -0.2) is 30.7 Å². The van der Waals surface area contributed by atoms with Gasteiger partial charge in [0, 0.05) is 17.7 Å². The average molecular weight is 287 g/mol. The van der Waals surface area contributed by atoms with E-state index in [4.69, 9.17) is 9.47 Å². The number of ether oxygens (including phenoxy) is 2. The van der Waals surface area contributed by atoms with Crippen molar-refractivity contribution in [3.05, 3.63) is 30.1 Å². The largest absolute Gasteiger partial charge is 0.493 e. The molecule has 0 aliphatic heterocycles. The Kier molecular flexibility index (Phi) is 4.98. The molecule has 1 aromatic carbocycles. The number of hydrogen-bond donors (Lipinski definition) is 1. The molecule has 0 spiro atoms. The molecule has 0 aliphatic rings. The van der Waals surface area contributed by atoms with E-state index in [1.165, 1.54) is 0 Å². The lowest BCUT2D eigenvalue weighted by Crippen LogP contribution is -2.05. The fourth-order valence-corrected chi connectivity index (χ4v) is 2.15. The second-order valence-corrected chi connectivity index (χ2v) is 4.69. The zero-order chi connectivity index (χ0) is 15.2. The molecule has 0 unspecified atom stereocenters. The molecule has 0 saturated heterocycles. The van der Waals surface area contributed by atoms with Gasteiger partial charge < -0.3 is 14.8 Å². The quantitative estimate of drug-likeness (QED) is 0.883. The van der Waals surface area contributed by atoms with E-state index in [1.807, 2.05) is 25.1 Å². The molecule has 1 aromatic heterocycles. The van der Waals surface area contributed by atoms with Crippen molar-refractivity contribution in [2.75, 3.05) is 26.1 Å². The van der Waals surface area contributed by atoms with Crippen LogP contribution in [-0.2, 0) is 0 Å². The van der Waals surface area contributed by atoms with Gasteiger partial charge >= 0.3 is 0 Å². The van der Waals surface area contributed by atoms with Crippen LogP contribution in [0.4, 0.5) is 5.82 Å². The van der Waals surface area contributed by atoms with Gasteiger partial charge in [0.05, 0.1) is 19.9 Å². The van der Waals surface area contributed by atoms with Gasteiger partial charge in [-0.15, -0.1) is 0 Å². The second-order valence-electron chi connectivity index (χ2n) is 4.69. The molecule has 0 amide bonds. The summed E-state index contributed by atoms with van der Waals surface area (Å²) in [7, 11) is 3.25. The Morgan fingerprint density at radius 3 is 2.52 bits per heavy atom. The van der Waals surface area contributed by atoms with Gasteiger partial charge in [0.15, 0.2) is 11.5 Å². The molecule has 0 saturated carbocycles. The summed E-state index contributed by atoms with van der Waals surface area (Å²) in [6.45, 7) is 5.03. The summed E-state index contributed by atoms with van der Waals surface area (Å²) in [6, 6.07) is 5.78. The summed E-state index contributed by atoms with van der Waals surface area (Å²) in [5, 5.41) is 3.32. The molecule has 5 heteroatoms. The molecular weight excluding hydrogens is 266 g/mol. The van der Waals surface area contributed by atoms with Crippen LogP contribution in [0.5, 0.6) is 11.5 Å². The molecule has 2 aromatic rings. The smallest absolute Gasteiger partial charge is 0.161 e. The fraction of sp³-hybridized carbons (Fsp3) is 0.375. The summed E-state index contributed by atoms with van der Waals surface area (Å²) in [4.78, 5) is 8.70. The van der Waals surface area contributed by atoms with Gasteiger partial charge in [0.2, 0.25) is 0 Å². The molecule has 112 valence electrons. The Labute approximate surface area is 125 Å².